The minimum Gasteiger partial charge on any atom is -0.465 e. The van der Waals surface area contributed by atoms with Gasteiger partial charge >= 0.3 is 6.09 Å². The minimum absolute atomic E-state index is 0.119. The van der Waals surface area contributed by atoms with Crippen molar-refractivity contribution in [3.8, 4) is 0 Å². The molecule has 0 aliphatic carbocycles. The van der Waals surface area contributed by atoms with Gasteiger partial charge in [-0.3, -0.25) is 19.6 Å². The number of benzene rings is 1. The number of aliphatic hydroxyl groups is 1. The second-order valence-corrected chi connectivity index (χ2v) is 8.00. The van der Waals surface area contributed by atoms with Crippen LogP contribution in [0.1, 0.15) is 50.9 Å². The number of carbonyl (C=O) groups is 4. The fraction of sp³-hybridized carbons (Fsp3) is 0.500. The summed E-state index contributed by atoms with van der Waals surface area (Å²) in [5, 5.41) is 32.5. The van der Waals surface area contributed by atoms with Crippen LogP contribution in [0.2, 0.25) is 0 Å². The van der Waals surface area contributed by atoms with Gasteiger partial charge in [0.15, 0.2) is 0 Å². The molecule has 0 aliphatic heterocycles. The molecule has 2 atom stereocenters. The van der Waals surface area contributed by atoms with Crippen LogP contribution in [0.25, 0.3) is 0 Å². The average Bonchev–Trinajstić information content (AvgIpc) is 2.67. The second kappa shape index (κ2) is 11.3. The van der Waals surface area contributed by atoms with Crippen molar-refractivity contribution < 1.29 is 34.6 Å². The molecule has 1 aromatic carbocycles. The number of nitrogens with one attached hydrogen (secondary N) is 3. The topological polar surface area (TPSA) is 168 Å². The normalized spacial score (nSPS) is 13.0. The molecule has 0 saturated heterocycles. The zero-order valence-corrected chi connectivity index (χ0v) is 18.0. The van der Waals surface area contributed by atoms with Gasteiger partial charge in [0.1, 0.15) is 6.04 Å². The summed E-state index contributed by atoms with van der Waals surface area (Å²) in [6.07, 6.45) is -1.81. The van der Waals surface area contributed by atoms with Gasteiger partial charge < -0.3 is 25.7 Å². The van der Waals surface area contributed by atoms with Crippen LogP contribution < -0.4 is 16.1 Å². The Morgan fingerprint density at radius 2 is 1.68 bits per heavy atom. The van der Waals surface area contributed by atoms with E-state index < -0.39 is 35.6 Å². The summed E-state index contributed by atoms with van der Waals surface area (Å²) in [6.45, 7) is 6.84. The smallest absolute Gasteiger partial charge is 0.407 e. The molecule has 1 rings (SSSR count). The van der Waals surface area contributed by atoms with Gasteiger partial charge in [0.25, 0.3) is 11.8 Å². The van der Waals surface area contributed by atoms with E-state index in [-0.39, 0.29) is 24.4 Å². The van der Waals surface area contributed by atoms with Gasteiger partial charge in [0, 0.05) is 29.8 Å². The van der Waals surface area contributed by atoms with Gasteiger partial charge in [-0.1, -0.05) is 0 Å². The van der Waals surface area contributed by atoms with Gasteiger partial charge in [-0.05, 0) is 58.4 Å². The first-order valence-corrected chi connectivity index (χ1v) is 9.70. The van der Waals surface area contributed by atoms with Crippen molar-refractivity contribution in [1.29, 1.82) is 0 Å². The molecule has 0 heterocycles. The zero-order chi connectivity index (χ0) is 23.8. The molecule has 0 radical (unpaired) electrons. The van der Waals surface area contributed by atoms with Crippen molar-refractivity contribution in [2.75, 3.05) is 11.9 Å². The number of hydrogen-bond donors (Lipinski definition) is 6. The van der Waals surface area contributed by atoms with Crippen LogP contribution >= 0.6 is 0 Å². The van der Waals surface area contributed by atoms with Crippen LogP contribution in [0.4, 0.5) is 10.5 Å². The molecule has 0 aromatic heterocycles. The lowest BCUT2D eigenvalue weighted by molar-refractivity contribution is -0.133. The number of aliphatic hydroxyl groups excluding tert-OH is 1. The van der Waals surface area contributed by atoms with Gasteiger partial charge in [0.05, 0.1) is 6.10 Å². The van der Waals surface area contributed by atoms with Crippen molar-refractivity contribution in [2.24, 2.45) is 0 Å². The van der Waals surface area contributed by atoms with Crippen LogP contribution in [0.5, 0.6) is 0 Å². The fourth-order valence-electron chi connectivity index (χ4n) is 2.74. The van der Waals surface area contributed by atoms with Gasteiger partial charge in [-0.15, -0.1) is 0 Å². The maximum absolute atomic E-state index is 12.2. The summed E-state index contributed by atoms with van der Waals surface area (Å²) in [6, 6.07) is 4.50. The predicted molar refractivity (Wildman–Crippen MR) is 112 cm³/mol. The molecule has 31 heavy (non-hydrogen) atoms. The SMILES string of the molecule is C[C@@H](O)[C@H](NC(=O)c1ccc(NC(=O)CCCN(C(=O)O)C(C)(C)C)cc1)C(=O)NO. The minimum atomic E-state index is -1.34. The van der Waals surface area contributed by atoms with E-state index in [9.17, 15) is 29.4 Å². The van der Waals surface area contributed by atoms with E-state index in [4.69, 9.17) is 5.21 Å². The van der Waals surface area contributed by atoms with E-state index in [0.29, 0.717) is 12.1 Å². The zero-order valence-electron chi connectivity index (χ0n) is 18.0. The van der Waals surface area contributed by atoms with Gasteiger partial charge in [-0.25, -0.2) is 10.3 Å². The molecule has 0 spiro atoms. The van der Waals surface area contributed by atoms with Gasteiger partial charge in [0.2, 0.25) is 5.91 Å². The van der Waals surface area contributed by atoms with Crippen LogP contribution in [-0.2, 0) is 9.59 Å². The number of anilines is 1. The quantitative estimate of drug-likeness (QED) is 0.248. The average molecular weight is 438 g/mol. The maximum atomic E-state index is 12.2. The Morgan fingerprint density at radius 3 is 2.13 bits per heavy atom. The molecule has 4 amide bonds. The van der Waals surface area contributed by atoms with Crippen LogP contribution in [-0.4, -0.2) is 68.4 Å². The Kier molecular flexibility index (Phi) is 9.41. The summed E-state index contributed by atoms with van der Waals surface area (Å²) in [7, 11) is 0. The van der Waals surface area contributed by atoms with Crippen LogP contribution in [0.15, 0.2) is 24.3 Å². The van der Waals surface area contributed by atoms with Crippen molar-refractivity contribution >= 4 is 29.5 Å². The fourth-order valence-corrected chi connectivity index (χ4v) is 2.74. The first-order valence-electron chi connectivity index (χ1n) is 9.70. The largest absolute Gasteiger partial charge is 0.465 e. The lowest BCUT2D eigenvalue weighted by Gasteiger charge is -2.33. The second-order valence-electron chi connectivity index (χ2n) is 8.00. The lowest BCUT2D eigenvalue weighted by Crippen LogP contribution is -2.51. The predicted octanol–water partition coefficient (Wildman–Crippen LogP) is 1.17. The number of carboxylic acid groups (broad SMARTS) is 1. The first-order chi connectivity index (χ1) is 14.4. The number of carbonyl (C=O) groups excluding carboxylic acids is 3. The van der Waals surface area contributed by atoms with E-state index in [2.05, 4.69) is 10.6 Å². The van der Waals surface area contributed by atoms with Crippen LogP contribution in [0.3, 0.4) is 0 Å². The van der Waals surface area contributed by atoms with E-state index >= 15 is 0 Å². The molecule has 0 bridgehead atoms. The van der Waals surface area contributed by atoms with E-state index in [1.807, 2.05) is 0 Å². The van der Waals surface area contributed by atoms with E-state index in [1.165, 1.54) is 41.6 Å². The highest BCUT2D eigenvalue weighted by Crippen LogP contribution is 2.15. The number of hydroxylamine groups is 1. The Labute approximate surface area is 180 Å². The summed E-state index contributed by atoms with van der Waals surface area (Å²) in [4.78, 5) is 48.4. The molecular weight excluding hydrogens is 408 g/mol. The number of hydrogen-bond acceptors (Lipinski definition) is 6. The first kappa shape index (κ1) is 25.9. The third kappa shape index (κ3) is 8.22. The molecular formula is C20H30N4O7. The van der Waals surface area contributed by atoms with Gasteiger partial charge in [-0.2, -0.15) is 0 Å². The molecule has 11 heteroatoms. The number of amides is 4. The third-order valence-corrected chi connectivity index (χ3v) is 4.42. The Bertz CT molecular complexity index is 788. The Hall–Kier alpha value is -3.18. The third-order valence-electron chi connectivity index (χ3n) is 4.42. The number of rotatable bonds is 9. The highest BCUT2D eigenvalue weighted by atomic mass is 16.5. The van der Waals surface area contributed by atoms with Crippen molar-refractivity contribution in [2.45, 2.75) is 58.2 Å². The molecule has 11 nitrogen and oxygen atoms in total. The number of nitrogens with zero attached hydrogens (tertiary/aromatic N) is 1. The highest BCUT2D eigenvalue weighted by molar-refractivity contribution is 5.98. The summed E-state index contributed by atoms with van der Waals surface area (Å²) in [5.74, 6) is -1.91. The van der Waals surface area contributed by atoms with Crippen LogP contribution in [0, 0.1) is 0 Å². The Balaban J connectivity index is 2.61. The standard InChI is InChI=1S/C20H30N4O7/c1-12(25)16(18(28)23-31)22-17(27)13-7-9-14(10-8-13)21-15(26)6-5-11-24(19(29)30)20(2,3)4/h7-10,12,16,25,31H,5-6,11H2,1-4H3,(H,21,26)(H,22,27)(H,23,28)(H,29,30)/t12-,16+/m1/s1. The molecule has 0 aliphatic rings. The van der Waals surface area contributed by atoms with E-state index in [0.717, 1.165) is 0 Å². The highest BCUT2D eigenvalue weighted by Gasteiger charge is 2.26. The summed E-state index contributed by atoms with van der Waals surface area (Å²) < 4.78 is 0. The molecule has 172 valence electrons. The summed E-state index contributed by atoms with van der Waals surface area (Å²) in [5.41, 5.74) is 1.42. The lowest BCUT2D eigenvalue weighted by atomic mass is 10.1. The Morgan fingerprint density at radius 1 is 1.10 bits per heavy atom. The van der Waals surface area contributed by atoms with Crippen molar-refractivity contribution in [1.82, 2.24) is 15.7 Å². The molecule has 1 aromatic rings. The molecule has 0 saturated carbocycles. The molecule has 6 N–H and O–H groups in total. The van der Waals surface area contributed by atoms with E-state index in [1.54, 1.807) is 20.8 Å². The van der Waals surface area contributed by atoms with Crippen molar-refractivity contribution in [3.63, 3.8) is 0 Å². The summed E-state index contributed by atoms with van der Waals surface area (Å²) >= 11 is 0. The molecule has 0 fully saturated rings. The molecule has 0 unspecified atom stereocenters. The monoisotopic (exact) mass is 438 g/mol. The maximum Gasteiger partial charge on any atom is 0.407 e. The van der Waals surface area contributed by atoms with Crippen molar-refractivity contribution in [3.05, 3.63) is 29.8 Å².